The fourth-order valence-corrected chi connectivity index (χ4v) is 5.30. The van der Waals surface area contributed by atoms with E-state index in [2.05, 4.69) is 29.0 Å². The summed E-state index contributed by atoms with van der Waals surface area (Å²) < 4.78 is 5.27. The molecule has 3 rings (SSSR count). The largest absolute Gasteiger partial charge is 0.462 e. The molecular formula is C24H32ClN3O3S. The van der Waals surface area contributed by atoms with Gasteiger partial charge >= 0.3 is 5.97 Å². The Morgan fingerprint density at radius 2 is 1.94 bits per heavy atom. The number of likely N-dealkylation sites (tertiary alicyclic amines) is 1. The lowest BCUT2D eigenvalue weighted by Crippen LogP contribution is -2.47. The maximum absolute atomic E-state index is 12.8. The van der Waals surface area contributed by atoms with Crippen LogP contribution in [-0.2, 0) is 9.53 Å². The normalized spacial score (nSPS) is 15.3. The molecule has 1 saturated heterocycles. The molecule has 2 aromatic rings. The molecule has 6 nitrogen and oxygen atoms in total. The van der Waals surface area contributed by atoms with Crippen LogP contribution in [0.2, 0.25) is 5.02 Å². The minimum atomic E-state index is -0.464. The van der Waals surface area contributed by atoms with Crippen LogP contribution in [0.5, 0.6) is 0 Å². The molecule has 0 unspecified atom stereocenters. The molecule has 174 valence electrons. The van der Waals surface area contributed by atoms with Gasteiger partial charge in [0, 0.05) is 33.6 Å². The van der Waals surface area contributed by atoms with Gasteiger partial charge in [-0.1, -0.05) is 29.8 Å². The zero-order chi connectivity index (χ0) is 23.3. The molecule has 1 aromatic heterocycles. The number of anilines is 1. The van der Waals surface area contributed by atoms with Crippen LogP contribution in [0.15, 0.2) is 29.6 Å². The number of benzene rings is 1. The number of carbonyl (C=O) groups is 2. The molecule has 8 heteroatoms. The lowest BCUT2D eigenvalue weighted by atomic mass is 10.0. The number of hydrogen-bond donors (Lipinski definition) is 1. The predicted molar refractivity (Wildman–Crippen MR) is 132 cm³/mol. The number of esters is 1. The van der Waals surface area contributed by atoms with Crippen molar-refractivity contribution in [3.8, 4) is 11.1 Å². The second-order valence-corrected chi connectivity index (χ2v) is 9.66. The average molecular weight is 478 g/mol. The molecule has 32 heavy (non-hydrogen) atoms. The molecule has 1 N–H and O–H groups in total. The van der Waals surface area contributed by atoms with Crippen molar-refractivity contribution in [1.29, 1.82) is 0 Å². The first-order chi connectivity index (χ1) is 15.3. The number of halogens is 1. The number of nitrogens with one attached hydrogen (secondary N) is 1. The van der Waals surface area contributed by atoms with Gasteiger partial charge < -0.3 is 15.0 Å². The molecule has 0 radical (unpaired) electrons. The van der Waals surface area contributed by atoms with E-state index in [9.17, 15) is 9.59 Å². The topological polar surface area (TPSA) is 61.9 Å². The Morgan fingerprint density at radius 1 is 1.25 bits per heavy atom. The van der Waals surface area contributed by atoms with Crippen molar-refractivity contribution in [2.45, 2.75) is 45.7 Å². The van der Waals surface area contributed by atoms with Crippen molar-refractivity contribution in [2.24, 2.45) is 0 Å². The Bertz CT molecular complexity index is 938. The molecule has 1 amide bonds. The molecule has 1 aliphatic rings. The Hall–Kier alpha value is -1.93. The lowest BCUT2D eigenvalue weighted by molar-refractivity contribution is -0.117. The summed E-state index contributed by atoms with van der Waals surface area (Å²) in [5, 5.41) is 5.82. The van der Waals surface area contributed by atoms with Crippen LogP contribution in [0.25, 0.3) is 11.1 Å². The molecule has 1 aromatic carbocycles. The van der Waals surface area contributed by atoms with E-state index in [-0.39, 0.29) is 19.1 Å². The summed E-state index contributed by atoms with van der Waals surface area (Å²) in [5.41, 5.74) is 1.76. The van der Waals surface area contributed by atoms with Crippen LogP contribution in [0.3, 0.4) is 0 Å². The number of carbonyl (C=O) groups excluding carboxylic acids is 2. The van der Waals surface area contributed by atoms with Gasteiger partial charge in [0.05, 0.1) is 13.2 Å². The summed E-state index contributed by atoms with van der Waals surface area (Å²) in [5.74, 6) is -0.606. The number of rotatable bonds is 8. The van der Waals surface area contributed by atoms with Gasteiger partial charge in [-0.2, -0.15) is 0 Å². The highest BCUT2D eigenvalue weighted by molar-refractivity contribution is 7.15. The van der Waals surface area contributed by atoms with E-state index >= 15 is 0 Å². The highest BCUT2D eigenvalue weighted by atomic mass is 35.5. The van der Waals surface area contributed by atoms with E-state index in [4.69, 9.17) is 16.3 Å². The average Bonchev–Trinajstić information content (AvgIpc) is 3.17. The van der Waals surface area contributed by atoms with Crippen LogP contribution >= 0.6 is 22.9 Å². The van der Waals surface area contributed by atoms with E-state index < -0.39 is 5.97 Å². The van der Waals surface area contributed by atoms with Crippen molar-refractivity contribution < 1.29 is 14.3 Å². The summed E-state index contributed by atoms with van der Waals surface area (Å²) in [7, 11) is 1.99. The molecule has 2 heterocycles. The Labute approximate surface area is 199 Å². The standard InChI is InChI=1S/C24H32ClN3O3S/c1-5-31-24(30)22-19(18-8-6-7-9-20(18)25)15-32-23(22)26-21(29)14-27(4)17-10-12-28(13-11-17)16(2)3/h6-9,15-17H,5,10-14H2,1-4H3,(H,26,29). The number of likely N-dealkylation sites (N-methyl/N-ethyl adjacent to an activating group) is 1. The van der Waals surface area contributed by atoms with Crippen molar-refractivity contribution >= 4 is 39.8 Å². The third-order valence-corrected chi connectivity index (χ3v) is 7.16. The smallest absolute Gasteiger partial charge is 0.341 e. The van der Waals surface area contributed by atoms with Crippen LogP contribution in [-0.4, -0.2) is 67.0 Å². The van der Waals surface area contributed by atoms with Crippen LogP contribution in [0.1, 0.15) is 44.0 Å². The lowest BCUT2D eigenvalue weighted by Gasteiger charge is -2.38. The Kier molecular flexibility index (Phi) is 8.71. The quantitative estimate of drug-likeness (QED) is 0.543. The first-order valence-electron chi connectivity index (χ1n) is 11.1. The fourth-order valence-electron chi connectivity index (χ4n) is 4.10. The van der Waals surface area contributed by atoms with E-state index in [0.717, 1.165) is 31.5 Å². The molecule has 0 saturated carbocycles. The van der Waals surface area contributed by atoms with Gasteiger partial charge in [-0.05, 0) is 59.8 Å². The molecule has 0 spiro atoms. The highest BCUT2D eigenvalue weighted by Crippen LogP contribution is 2.39. The summed E-state index contributed by atoms with van der Waals surface area (Å²) in [6, 6.07) is 8.27. The summed E-state index contributed by atoms with van der Waals surface area (Å²) in [6.07, 6.45) is 2.09. The fraction of sp³-hybridized carbons (Fsp3) is 0.500. The van der Waals surface area contributed by atoms with Crippen molar-refractivity contribution in [2.75, 3.05) is 38.6 Å². The highest BCUT2D eigenvalue weighted by Gasteiger charge is 2.27. The maximum atomic E-state index is 12.8. The van der Waals surface area contributed by atoms with Crippen LogP contribution in [0.4, 0.5) is 5.00 Å². The number of hydrogen-bond acceptors (Lipinski definition) is 6. The van der Waals surface area contributed by atoms with Gasteiger partial charge in [0.2, 0.25) is 5.91 Å². The number of nitrogens with zero attached hydrogens (tertiary/aromatic N) is 2. The number of amides is 1. The van der Waals surface area contributed by atoms with Gasteiger partial charge in [-0.25, -0.2) is 4.79 Å². The van der Waals surface area contributed by atoms with Gasteiger partial charge in [0.15, 0.2) is 0 Å². The van der Waals surface area contributed by atoms with Gasteiger partial charge in [0.1, 0.15) is 10.6 Å². The van der Waals surface area contributed by atoms with Crippen LogP contribution in [0, 0.1) is 0 Å². The molecule has 0 atom stereocenters. The SMILES string of the molecule is CCOC(=O)c1c(-c2ccccc2Cl)csc1NC(=O)CN(C)C1CCN(C(C)C)CC1. The zero-order valence-corrected chi connectivity index (χ0v) is 20.8. The zero-order valence-electron chi connectivity index (χ0n) is 19.2. The number of ether oxygens (including phenoxy) is 1. The third-order valence-electron chi connectivity index (χ3n) is 5.93. The maximum Gasteiger partial charge on any atom is 0.341 e. The summed E-state index contributed by atoms with van der Waals surface area (Å²) in [6.45, 7) is 8.82. The predicted octanol–water partition coefficient (Wildman–Crippen LogP) is 4.99. The number of thiophene rings is 1. The van der Waals surface area contributed by atoms with E-state index in [1.54, 1.807) is 13.0 Å². The molecule has 1 fully saturated rings. The van der Waals surface area contributed by atoms with E-state index in [0.29, 0.717) is 33.2 Å². The molecular weight excluding hydrogens is 446 g/mol. The van der Waals surface area contributed by atoms with E-state index in [1.807, 2.05) is 30.6 Å². The minimum Gasteiger partial charge on any atom is -0.462 e. The first-order valence-corrected chi connectivity index (χ1v) is 12.3. The van der Waals surface area contributed by atoms with Gasteiger partial charge in [-0.15, -0.1) is 11.3 Å². The van der Waals surface area contributed by atoms with Gasteiger partial charge in [0.25, 0.3) is 0 Å². The summed E-state index contributed by atoms with van der Waals surface area (Å²) >= 11 is 7.68. The number of piperidine rings is 1. The second kappa shape index (κ2) is 11.3. The molecule has 0 bridgehead atoms. The van der Waals surface area contributed by atoms with Crippen molar-refractivity contribution in [1.82, 2.24) is 9.80 Å². The van der Waals surface area contributed by atoms with E-state index in [1.165, 1.54) is 11.3 Å². The molecule has 1 aliphatic heterocycles. The summed E-state index contributed by atoms with van der Waals surface area (Å²) in [4.78, 5) is 30.2. The monoisotopic (exact) mass is 477 g/mol. The third kappa shape index (κ3) is 5.90. The Balaban J connectivity index is 1.72. The van der Waals surface area contributed by atoms with Crippen molar-refractivity contribution in [3.05, 3.63) is 40.2 Å². The Morgan fingerprint density at radius 3 is 2.56 bits per heavy atom. The van der Waals surface area contributed by atoms with Crippen LogP contribution < -0.4 is 5.32 Å². The second-order valence-electron chi connectivity index (χ2n) is 8.38. The first kappa shape index (κ1) is 24.7. The van der Waals surface area contributed by atoms with Gasteiger partial charge in [-0.3, -0.25) is 9.69 Å². The molecule has 0 aliphatic carbocycles. The van der Waals surface area contributed by atoms with Crippen molar-refractivity contribution in [3.63, 3.8) is 0 Å². The minimum absolute atomic E-state index is 0.142.